The third-order valence-electron chi connectivity index (χ3n) is 3.94. The fourth-order valence-electron chi connectivity index (χ4n) is 2.54. The van der Waals surface area contributed by atoms with Gasteiger partial charge in [-0.15, -0.1) is 0 Å². The number of ether oxygens (including phenoxy) is 1. The molecule has 3 unspecified atom stereocenters. The van der Waals surface area contributed by atoms with Crippen LogP contribution in [0.15, 0.2) is 24.3 Å². The molecule has 1 heterocycles. The molecule has 1 fully saturated rings. The number of hydrogen-bond acceptors (Lipinski definition) is 2. The molecule has 1 aromatic rings. The molecule has 2 rings (SSSR count). The molecule has 1 saturated heterocycles. The minimum atomic E-state index is 0.336. The summed E-state index contributed by atoms with van der Waals surface area (Å²) in [6.45, 7) is 9.73. The van der Waals surface area contributed by atoms with Gasteiger partial charge < -0.3 is 10.1 Å². The molecule has 1 aromatic carbocycles. The van der Waals surface area contributed by atoms with Crippen LogP contribution < -0.4 is 5.32 Å². The zero-order chi connectivity index (χ0) is 13.1. The Morgan fingerprint density at radius 3 is 2.22 bits per heavy atom. The molecular formula is C16H25NO. The predicted octanol–water partition coefficient (Wildman–Crippen LogP) is 3.64. The van der Waals surface area contributed by atoms with Crippen LogP contribution in [0.25, 0.3) is 0 Å². The zero-order valence-electron chi connectivity index (χ0n) is 11.9. The highest BCUT2D eigenvalue weighted by Crippen LogP contribution is 2.21. The second-order valence-electron chi connectivity index (χ2n) is 5.68. The van der Waals surface area contributed by atoms with Crippen LogP contribution >= 0.6 is 0 Å². The maximum absolute atomic E-state index is 5.59. The first-order valence-corrected chi connectivity index (χ1v) is 7.05. The largest absolute Gasteiger partial charge is 0.377 e. The van der Waals surface area contributed by atoms with Crippen molar-refractivity contribution in [3.05, 3.63) is 35.4 Å². The van der Waals surface area contributed by atoms with Gasteiger partial charge in [0.15, 0.2) is 0 Å². The minimum absolute atomic E-state index is 0.336. The molecule has 100 valence electrons. The van der Waals surface area contributed by atoms with Gasteiger partial charge in [0.25, 0.3) is 0 Å². The van der Waals surface area contributed by atoms with E-state index in [1.54, 1.807) is 0 Å². The summed E-state index contributed by atoms with van der Waals surface area (Å²) in [6.07, 6.45) is 1.46. The average molecular weight is 247 g/mol. The van der Waals surface area contributed by atoms with E-state index in [1.165, 1.54) is 11.1 Å². The lowest BCUT2D eigenvalue weighted by atomic mass is 9.99. The Morgan fingerprint density at radius 2 is 1.72 bits per heavy atom. The van der Waals surface area contributed by atoms with Gasteiger partial charge in [0.05, 0.1) is 6.10 Å². The van der Waals surface area contributed by atoms with Crippen molar-refractivity contribution in [1.82, 2.24) is 5.32 Å². The van der Waals surface area contributed by atoms with Crippen LogP contribution in [0, 0.1) is 0 Å². The molecule has 18 heavy (non-hydrogen) atoms. The van der Waals surface area contributed by atoms with Gasteiger partial charge >= 0.3 is 0 Å². The molecule has 1 aliphatic rings. The van der Waals surface area contributed by atoms with E-state index in [2.05, 4.69) is 57.3 Å². The number of rotatable bonds is 4. The van der Waals surface area contributed by atoms with Gasteiger partial charge in [-0.3, -0.25) is 0 Å². The van der Waals surface area contributed by atoms with E-state index in [9.17, 15) is 0 Å². The highest BCUT2D eigenvalue weighted by molar-refractivity contribution is 5.26. The molecule has 0 radical (unpaired) electrons. The second kappa shape index (κ2) is 5.85. The Kier molecular flexibility index (Phi) is 4.41. The third kappa shape index (κ3) is 3.12. The summed E-state index contributed by atoms with van der Waals surface area (Å²) in [5, 5.41) is 3.67. The van der Waals surface area contributed by atoms with Gasteiger partial charge in [-0.1, -0.05) is 38.1 Å². The highest BCUT2D eigenvalue weighted by atomic mass is 16.5. The fraction of sp³-hybridized carbons (Fsp3) is 0.625. The van der Waals surface area contributed by atoms with Crippen LogP contribution in [0.3, 0.4) is 0 Å². The molecule has 0 spiro atoms. The smallest absolute Gasteiger partial charge is 0.0700 e. The highest BCUT2D eigenvalue weighted by Gasteiger charge is 2.25. The van der Waals surface area contributed by atoms with Crippen molar-refractivity contribution in [2.45, 2.75) is 58.2 Å². The van der Waals surface area contributed by atoms with Crippen molar-refractivity contribution in [2.24, 2.45) is 0 Å². The zero-order valence-corrected chi connectivity index (χ0v) is 11.9. The molecule has 3 atom stereocenters. The van der Waals surface area contributed by atoms with E-state index in [0.29, 0.717) is 24.1 Å². The Labute approximate surface area is 111 Å². The molecule has 2 nitrogen and oxygen atoms in total. The standard InChI is InChI=1S/C16H25NO/c1-11(2)14-5-7-15(8-6-14)12(3)17-16-9-10-18-13(16)4/h5-8,11-13,16-17H,9-10H2,1-4H3. The van der Waals surface area contributed by atoms with Gasteiger partial charge in [-0.2, -0.15) is 0 Å². The molecule has 0 amide bonds. The first-order valence-electron chi connectivity index (χ1n) is 7.05. The van der Waals surface area contributed by atoms with E-state index in [-0.39, 0.29) is 0 Å². The van der Waals surface area contributed by atoms with Crippen molar-refractivity contribution in [2.75, 3.05) is 6.61 Å². The van der Waals surface area contributed by atoms with E-state index >= 15 is 0 Å². The van der Waals surface area contributed by atoms with E-state index in [1.807, 2.05) is 0 Å². The van der Waals surface area contributed by atoms with Gasteiger partial charge in [-0.05, 0) is 37.3 Å². The normalized spacial score (nSPS) is 25.6. The molecule has 2 heteroatoms. The van der Waals surface area contributed by atoms with E-state index in [4.69, 9.17) is 4.74 Å². The molecular weight excluding hydrogens is 222 g/mol. The third-order valence-corrected chi connectivity index (χ3v) is 3.94. The summed E-state index contributed by atoms with van der Waals surface area (Å²) in [5.74, 6) is 0.602. The van der Waals surface area contributed by atoms with Crippen molar-refractivity contribution in [3.63, 3.8) is 0 Å². The minimum Gasteiger partial charge on any atom is -0.377 e. The van der Waals surface area contributed by atoms with Crippen molar-refractivity contribution >= 4 is 0 Å². The van der Waals surface area contributed by atoms with Gasteiger partial charge in [0.1, 0.15) is 0 Å². The summed E-state index contributed by atoms with van der Waals surface area (Å²) < 4.78 is 5.59. The molecule has 0 bridgehead atoms. The van der Waals surface area contributed by atoms with Gasteiger partial charge in [0, 0.05) is 18.7 Å². The molecule has 0 aliphatic carbocycles. The van der Waals surface area contributed by atoms with Crippen LogP contribution in [0.4, 0.5) is 0 Å². The summed E-state index contributed by atoms with van der Waals surface area (Å²) in [7, 11) is 0. The summed E-state index contributed by atoms with van der Waals surface area (Å²) in [6, 6.07) is 9.85. The Balaban J connectivity index is 1.98. The maximum atomic E-state index is 5.59. The first-order chi connectivity index (χ1) is 8.58. The van der Waals surface area contributed by atoms with Crippen LogP contribution in [0.1, 0.15) is 57.2 Å². The van der Waals surface area contributed by atoms with Crippen molar-refractivity contribution in [1.29, 1.82) is 0 Å². The first kappa shape index (κ1) is 13.6. The monoisotopic (exact) mass is 247 g/mol. The van der Waals surface area contributed by atoms with Crippen LogP contribution in [-0.2, 0) is 4.74 Å². The predicted molar refractivity (Wildman–Crippen MR) is 75.9 cm³/mol. The number of nitrogens with one attached hydrogen (secondary N) is 1. The molecule has 1 N–H and O–H groups in total. The number of hydrogen-bond donors (Lipinski definition) is 1. The van der Waals surface area contributed by atoms with Crippen LogP contribution in [0.5, 0.6) is 0 Å². The Bertz CT molecular complexity index is 371. The fourth-order valence-corrected chi connectivity index (χ4v) is 2.54. The molecule has 0 aromatic heterocycles. The average Bonchev–Trinajstić information content (AvgIpc) is 2.75. The lowest BCUT2D eigenvalue weighted by Crippen LogP contribution is -2.36. The lowest BCUT2D eigenvalue weighted by molar-refractivity contribution is 0.111. The van der Waals surface area contributed by atoms with Crippen LogP contribution in [-0.4, -0.2) is 18.8 Å². The van der Waals surface area contributed by atoms with Crippen molar-refractivity contribution in [3.8, 4) is 0 Å². The topological polar surface area (TPSA) is 21.3 Å². The quantitative estimate of drug-likeness (QED) is 0.877. The van der Waals surface area contributed by atoms with Gasteiger partial charge in [0.2, 0.25) is 0 Å². The summed E-state index contributed by atoms with van der Waals surface area (Å²) >= 11 is 0. The SMILES string of the molecule is CC(C)c1ccc(C(C)NC2CCOC2C)cc1. The number of benzene rings is 1. The Morgan fingerprint density at radius 1 is 1.11 bits per heavy atom. The van der Waals surface area contributed by atoms with Crippen molar-refractivity contribution < 1.29 is 4.74 Å². The Hall–Kier alpha value is -0.860. The maximum Gasteiger partial charge on any atom is 0.0700 e. The summed E-state index contributed by atoms with van der Waals surface area (Å²) in [4.78, 5) is 0. The lowest BCUT2D eigenvalue weighted by Gasteiger charge is -2.22. The van der Waals surface area contributed by atoms with Gasteiger partial charge in [-0.25, -0.2) is 0 Å². The molecule has 0 saturated carbocycles. The second-order valence-corrected chi connectivity index (χ2v) is 5.68. The van der Waals surface area contributed by atoms with Crippen LogP contribution in [0.2, 0.25) is 0 Å². The summed E-state index contributed by atoms with van der Waals surface area (Å²) in [5.41, 5.74) is 2.77. The van der Waals surface area contributed by atoms with E-state index < -0.39 is 0 Å². The molecule has 1 aliphatic heterocycles. The van der Waals surface area contributed by atoms with E-state index in [0.717, 1.165) is 13.0 Å².